The highest BCUT2D eigenvalue weighted by Crippen LogP contribution is 2.26. The molecular formula is C21H25BrN4O2. The van der Waals surface area contributed by atoms with Crippen LogP contribution in [0.3, 0.4) is 0 Å². The molecule has 0 heterocycles. The summed E-state index contributed by atoms with van der Waals surface area (Å²) in [5, 5.41) is 9.88. The van der Waals surface area contributed by atoms with E-state index in [0.29, 0.717) is 6.54 Å². The van der Waals surface area contributed by atoms with Crippen LogP contribution in [0, 0.1) is 19.8 Å². The maximum atomic E-state index is 11.8. The number of rotatable bonds is 6. The number of hydrazone groups is 1. The number of nitrogens with zero attached hydrogens (tertiary/aromatic N) is 1. The minimum atomic E-state index is -0.795. The molecule has 0 atom stereocenters. The zero-order chi connectivity index (χ0) is 20.7. The fraction of sp³-hybridized carbons (Fsp3) is 0.286. The van der Waals surface area contributed by atoms with Gasteiger partial charge in [0.05, 0.1) is 6.21 Å². The first-order valence-electron chi connectivity index (χ1n) is 9.02. The maximum Gasteiger partial charge on any atom is 0.329 e. The fourth-order valence-electron chi connectivity index (χ4n) is 2.37. The molecule has 2 aromatic rings. The van der Waals surface area contributed by atoms with Crippen LogP contribution in [0.2, 0.25) is 0 Å². The first-order valence-corrected chi connectivity index (χ1v) is 9.81. The lowest BCUT2D eigenvalue weighted by atomic mass is 10.1. The highest BCUT2D eigenvalue weighted by Gasteiger charge is 2.12. The van der Waals surface area contributed by atoms with E-state index in [2.05, 4.69) is 57.0 Å². The largest absolute Gasteiger partial charge is 0.355 e. The van der Waals surface area contributed by atoms with Gasteiger partial charge in [0.2, 0.25) is 0 Å². The Morgan fingerprint density at radius 2 is 1.86 bits per heavy atom. The Balaban J connectivity index is 2.12. The van der Waals surface area contributed by atoms with Gasteiger partial charge in [-0.3, -0.25) is 9.59 Å². The summed E-state index contributed by atoms with van der Waals surface area (Å²) in [5.41, 5.74) is 7.20. The van der Waals surface area contributed by atoms with Crippen LogP contribution >= 0.6 is 15.9 Å². The van der Waals surface area contributed by atoms with Crippen LogP contribution in [-0.4, -0.2) is 24.6 Å². The third-order valence-electron chi connectivity index (χ3n) is 4.13. The van der Waals surface area contributed by atoms with Gasteiger partial charge in [-0.15, -0.1) is 0 Å². The lowest BCUT2D eigenvalue weighted by molar-refractivity contribution is -0.139. The molecule has 2 rings (SSSR count). The summed E-state index contributed by atoms with van der Waals surface area (Å²) in [6.07, 6.45) is 1.51. The van der Waals surface area contributed by atoms with Gasteiger partial charge in [-0.05, 0) is 55.2 Å². The molecule has 148 valence electrons. The highest BCUT2D eigenvalue weighted by atomic mass is 79.9. The minimum Gasteiger partial charge on any atom is -0.355 e. The average molecular weight is 445 g/mol. The van der Waals surface area contributed by atoms with E-state index >= 15 is 0 Å². The number of nitrogens with one attached hydrogen (secondary N) is 3. The van der Waals surface area contributed by atoms with Crippen molar-refractivity contribution in [1.82, 2.24) is 10.7 Å². The molecular weight excluding hydrogens is 420 g/mol. The summed E-state index contributed by atoms with van der Waals surface area (Å²) in [5.74, 6) is -1.23. The summed E-state index contributed by atoms with van der Waals surface area (Å²) in [4.78, 5) is 23.5. The van der Waals surface area contributed by atoms with Gasteiger partial charge in [0, 0.05) is 28.0 Å². The van der Waals surface area contributed by atoms with Gasteiger partial charge < -0.3 is 10.6 Å². The maximum absolute atomic E-state index is 11.8. The van der Waals surface area contributed by atoms with Crippen LogP contribution in [0.25, 0.3) is 0 Å². The number of hydrogen-bond acceptors (Lipinski definition) is 4. The van der Waals surface area contributed by atoms with E-state index in [1.807, 2.05) is 44.2 Å². The number of amides is 2. The molecule has 0 bridgehead atoms. The molecule has 28 heavy (non-hydrogen) atoms. The van der Waals surface area contributed by atoms with Gasteiger partial charge in [0.1, 0.15) is 0 Å². The molecule has 0 saturated carbocycles. The molecule has 0 spiro atoms. The third kappa shape index (κ3) is 6.20. The Labute approximate surface area is 173 Å². The average Bonchev–Trinajstić information content (AvgIpc) is 2.65. The predicted molar refractivity (Wildman–Crippen MR) is 117 cm³/mol. The van der Waals surface area contributed by atoms with Crippen LogP contribution in [-0.2, 0) is 9.59 Å². The van der Waals surface area contributed by atoms with E-state index in [4.69, 9.17) is 0 Å². The number of benzene rings is 2. The van der Waals surface area contributed by atoms with E-state index in [9.17, 15) is 9.59 Å². The second-order valence-corrected chi connectivity index (χ2v) is 7.82. The van der Waals surface area contributed by atoms with Crippen molar-refractivity contribution in [1.29, 1.82) is 0 Å². The first kappa shape index (κ1) is 21.6. The quantitative estimate of drug-likeness (QED) is 0.357. The van der Waals surface area contributed by atoms with Crippen molar-refractivity contribution in [2.75, 3.05) is 11.9 Å². The van der Waals surface area contributed by atoms with Crippen LogP contribution in [0.5, 0.6) is 0 Å². The molecule has 0 aliphatic heterocycles. The molecule has 0 radical (unpaired) electrons. The van der Waals surface area contributed by atoms with Crippen LogP contribution in [0.4, 0.5) is 11.4 Å². The van der Waals surface area contributed by atoms with E-state index in [-0.39, 0.29) is 5.92 Å². The van der Waals surface area contributed by atoms with Gasteiger partial charge in [-0.2, -0.15) is 5.10 Å². The van der Waals surface area contributed by atoms with Crippen molar-refractivity contribution in [2.45, 2.75) is 27.7 Å². The molecule has 0 fully saturated rings. The summed E-state index contributed by atoms with van der Waals surface area (Å²) >= 11 is 3.45. The van der Waals surface area contributed by atoms with Crippen molar-refractivity contribution in [3.63, 3.8) is 0 Å². The van der Waals surface area contributed by atoms with Gasteiger partial charge in [-0.25, -0.2) is 5.43 Å². The van der Waals surface area contributed by atoms with Crippen LogP contribution in [0.15, 0.2) is 46.0 Å². The molecule has 0 aromatic heterocycles. The standard InChI is InChI=1S/C21H25BrN4O2/c1-13(2)11-23-20(27)21(28)26-24-12-16-10-17(22)8-9-19(16)25-18-7-5-6-14(3)15(18)4/h5-10,12-13,25H,11H2,1-4H3,(H,23,27)(H,26,28)/b24-12-. The summed E-state index contributed by atoms with van der Waals surface area (Å²) in [7, 11) is 0. The number of halogens is 1. The zero-order valence-electron chi connectivity index (χ0n) is 16.5. The smallest absolute Gasteiger partial charge is 0.329 e. The molecule has 3 N–H and O–H groups in total. The second kappa shape index (κ2) is 10.0. The lowest BCUT2D eigenvalue weighted by Gasteiger charge is -2.14. The third-order valence-corrected chi connectivity index (χ3v) is 4.63. The zero-order valence-corrected chi connectivity index (χ0v) is 18.1. The Bertz CT molecular complexity index is 894. The molecule has 0 aliphatic carbocycles. The molecule has 6 nitrogen and oxygen atoms in total. The molecule has 2 aromatic carbocycles. The summed E-state index contributed by atoms with van der Waals surface area (Å²) in [6.45, 7) is 8.46. The van der Waals surface area contributed by atoms with E-state index in [1.165, 1.54) is 11.8 Å². The van der Waals surface area contributed by atoms with Gasteiger partial charge in [0.25, 0.3) is 0 Å². The number of hydrogen-bond donors (Lipinski definition) is 3. The monoisotopic (exact) mass is 444 g/mol. The van der Waals surface area contributed by atoms with Crippen LogP contribution < -0.4 is 16.1 Å². The van der Waals surface area contributed by atoms with E-state index < -0.39 is 11.8 Å². The molecule has 7 heteroatoms. The van der Waals surface area contributed by atoms with Crippen molar-refractivity contribution >= 4 is 45.3 Å². The summed E-state index contributed by atoms with van der Waals surface area (Å²) < 4.78 is 0.876. The Morgan fingerprint density at radius 1 is 1.11 bits per heavy atom. The Kier molecular flexibility index (Phi) is 7.75. The minimum absolute atomic E-state index is 0.264. The topological polar surface area (TPSA) is 82.6 Å². The Hall–Kier alpha value is -2.67. The normalized spacial score (nSPS) is 10.9. The summed E-state index contributed by atoms with van der Waals surface area (Å²) in [6, 6.07) is 11.8. The SMILES string of the molecule is Cc1cccc(Nc2ccc(Br)cc2/C=N\NC(=O)C(=O)NCC(C)C)c1C. The Morgan fingerprint density at radius 3 is 2.57 bits per heavy atom. The van der Waals surface area contributed by atoms with Gasteiger partial charge in [-0.1, -0.05) is 41.9 Å². The molecule has 2 amide bonds. The van der Waals surface area contributed by atoms with E-state index in [1.54, 1.807) is 0 Å². The number of anilines is 2. The lowest BCUT2D eigenvalue weighted by Crippen LogP contribution is -2.39. The van der Waals surface area contributed by atoms with Crippen molar-refractivity contribution in [3.8, 4) is 0 Å². The first-order chi connectivity index (χ1) is 13.3. The van der Waals surface area contributed by atoms with Crippen molar-refractivity contribution < 1.29 is 9.59 Å². The molecule has 0 saturated heterocycles. The number of carbonyl (C=O) groups is 2. The second-order valence-electron chi connectivity index (χ2n) is 6.91. The number of aryl methyl sites for hydroxylation is 1. The van der Waals surface area contributed by atoms with Crippen molar-refractivity contribution in [3.05, 3.63) is 57.6 Å². The highest BCUT2D eigenvalue weighted by molar-refractivity contribution is 9.10. The number of carbonyl (C=O) groups excluding carboxylic acids is 2. The molecule has 0 aliphatic rings. The van der Waals surface area contributed by atoms with Crippen molar-refractivity contribution in [2.24, 2.45) is 11.0 Å². The van der Waals surface area contributed by atoms with Crippen LogP contribution in [0.1, 0.15) is 30.5 Å². The molecule has 0 unspecified atom stereocenters. The fourth-order valence-corrected chi connectivity index (χ4v) is 2.75. The van der Waals surface area contributed by atoms with Gasteiger partial charge in [0.15, 0.2) is 0 Å². The van der Waals surface area contributed by atoms with E-state index in [0.717, 1.165) is 27.0 Å². The van der Waals surface area contributed by atoms with Gasteiger partial charge >= 0.3 is 11.8 Å². The predicted octanol–water partition coefficient (Wildman–Crippen LogP) is 4.03.